The van der Waals surface area contributed by atoms with Crippen molar-refractivity contribution >= 4 is 0 Å². The van der Waals surface area contributed by atoms with Crippen LogP contribution in [0.2, 0.25) is 0 Å². The maximum absolute atomic E-state index is 4.42. The van der Waals surface area contributed by atoms with Gasteiger partial charge in [0.15, 0.2) is 0 Å². The molecule has 2 heteroatoms. The molecule has 0 saturated heterocycles. The van der Waals surface area contributed by atoms with Crippen LogP contribution < -0.4 is 0 Å². The second-order valence-corrected chi connectivity index (χ2v) is 3.52. The fourth-order valence-corrected chi connectivity index (χ4v) is 1.36. The van der Waals surface area contributed by atoms with Gasteiger partial charge in [0.2, 0.25) is 0 Å². The quantitative estimate of drug-likeness (QED) is 0.663. The molecule has 13 heavy (non-hydrogen) atoms. The summed E-state index contributed by atoms with van der Waals surface area (Å²) in [5.74, 6) is 1.37. The van der Waals surface area contributed by atoms with E-state index in [9.17, 15) is 0 Å². The van der Waals surface area contributed by atoms with E-state index < -0.39 is 0 Å². The lowest BCUT2D eigenvalue weighted by atomic mass is 10.0. The number of aromatic nitrogens is 2. The lowest BCUT2D eigenvalue weighted by molar-refractivity contribution is 0.780. The van der Waals surface area contributed by atoms with Crippen molar-refractivity contribution in [3.63, 3.8) is 0 Å². The van der Waals surface area contributed by atoms with Crippen molar-refractivity contribution in [3.8, 4) is 0 Å². The van der Waals surface area contributed by atoms with Gasteiger partial charge in [-0.2, -0.15) is 0 Å². The van der Waals surface area contributed by atoms with Gasteiger partial charge in [0.25, 0.3) is 0 Å². The highest BCUT2D eigenvalue weighted by atomic mass is 14.9. The van der Waals surface area contributed by atoms with Crippen LogP contribution in [0.15, 0.2) is 0 Å². The van der Waals surface area contributed by atoms with Crippen molar-refractivity contribution in [2.75, 3.05) is 0 Å². The summed E-state index contributed by atoms with van der Waals surface area (Å²) in [5, 5.41) is 0. The fourth-order valence-electron chi connectivity index (χ4n) is 1.36. The van der Waals surface area contributed by atoms with Crippen LogP contribution in [0.25, 0.3) is 0 Å². The van der Waals surface area contributed by atoms with Gasteiger partial charge in [0, 0.05) is 11.4 Å². The zero-order valence-electron chi connectivity index (χ0n) is 8.47. The highest BCUT2D eigenvalue weighted by molar-refractivity contribution is 5.25. The van der Waals surface area contributed by atoms with Crippen LogP contribution in [-0.2, 0) is 0 Å². The molecule has 2 nitrogen and oxygen atoms in total. The predicted octanol–water partition coefficient (Wildman–Crippen LogP) is 3.16. The molecule has 74 valence electrons. The van der Waals surface area contributed by atoms with E-state index >= 15 is 0 Å². The highest BCUT2D eigenvalue weighted by Gasteiger charge is 2.08. The van der Waals surface area contributed by atoms with E-state index in [-0.39, 0.29) is 7.43 Å². The summed E-state index contributed by atoms with van der Waals surface area (Å²) in [6.07, 6.45) is 0. The van der Waals surface area contributed by atoms with Crippen molar-refractivity contribution in [3.05, 3.63) is 22.8 Å². The minimum absolute atomic E-state index is 0. The molecule has 0 bridgehead atoms. The van der Waals surface area contributed by atoms with Crippen molar-refractivity contribution in [1.82, 2.24) is 9.97 Å². The molecule has 0 aliphatic carbocycles. The van der Waals surface area contributed by atoms with E-state index in [1.54, 1.807) is 0 Å². The van der Waals surface area contributed by atoms with Gasteiger partial charge in [0.05, 0.1) is 0 Å². The summed E-state index contributed by atoms with van der Waals surface area (Å²) >= 11 is 0. The smallest absolute Gasteiger partial charge is 0.125 e. The van der Waals surface area contributed by atoms with E-state index in [1.165, 1.54) is 11.3 Å². The lowest BCUT2D eigenvalue weighted by Gasteiger charge is -2.10. The molecule has 1 rings (SSSR count). The van der Waals surface area contributed by atoms with E-state index in [0.717, 1.165) is 11.5 Å². The third-order valence-electron chi connectivity index (χ3n) is 2.09. The Hall–Kier alpha value is -0.920. The van der Waals surface area contributed by atoms with Crippen LogP contribution in [0.3, 0.4) is 0 Å². The first-order valence-electron chi connectivity index (χ1n) is 4.34. The van der Waals surface area contributed by atoms with Crippen LogP contribution in [0.5, 0.6) is 0 Å². The molecule has 0 spiro atoms. The number of hydrogen-bond acceptors (Lipinski definition) is 2. The monoisotopic (exact) mass is 180 g/mol. The van der Waals surface area contributed by atoms with Crippen molar-refractivity contribution in [2.24, 2.45) is 0 Å². The number of nitrogens with zero attached hydrogens (tertiary/aromatic N) is 2. The molecular weight excluding hydrogens is 160 g/mol. The van der Waals surface area contributed by atoms with Gasteiger partial charge in [-0.3, -0.25) is 0 Å². The summed E-state index contributed by atoms with van der Waals surface area (Å²) in [4.78, 5) is 8.73. The Morgan fingerprint density at radius 2 is 1.54 bits per heavy atom. The van der Waals surface area contributed by atoms with Crippen LogP contribution in [0, 0.1) is 20.8 Å². The van der Waals surface area contributed by atoms with Gasteiger partial charge < -0.3 is 0 Å². The van der Waals surface area contributed by atoms with Crippen LogP contribution in [-0.4, -0.2) is 9.97 Å². The average molecular weight is 180 g/mol. The largest absolute Gasteiger partial charge is 0.238 e. The first kappa shape index (κ1) is 12.1. The molecule has 0 fully saturated rings. The van der Waals surface area contributed by atoms with Crippen molar-refractivity contribution < 1.29 is 0 Å². The zero-order valence-corrected chi connectivity index (χ0v) is 8.47. The summed E-state index contributed by atoms with van der Waals surface area (Å²) in [7, 11) is 0. The summed E-state index contributed by atoms with van der Waals surface area (Å²) in [6, 6.07) is 0. The zero-order chi connectivity index (χ0) is 9.30. The number of aryl methyl sites for hydroxylation is 2. The predicted molar refractivity (Wildman–Crippen MR) is 57.1 cm³/mol. The third kappa shape index (κ3) is 2.51. The standard InChI is InChI=1S/C10H16N2.CH4/c1-6(2)10-7(3)8(4)11-9(5)12-10;/h6H,1-5H3;1H4. The molecule has 0 radical (unpaired) electrons. The molecular formula is C11H20N2. The normalized spacial score (nSPS) is 10.0. The second kappa shape index (κ2) is 4.35. The Kier molecular flexibility index (Phi) is 4.05. The van der Waals surface area contributed by atoms with E-state index in [1.807, 2.05) is 13.8 Å². The molecule has 0 aliphatic heterocycles. The first-order chi connectivity index (χ1) is 5.52. The Balaban J connectivity index is 0.00000144. The molecule has 0 aliphatic rings. The first-order valence-corrected chi connectivity index (χ1v) is 4.34. The van der Waals surface area contributed by atoms with Crippen LogP contribution >= 0.6 is 0 Å². The van der Waals surface area contributed by atoms with Gasteiger partial charge in [0.1, 0.15) is 5.82 Å². The Bertz CT molecular complexity index is 290. The molecule has 1 aromatic rings. The molecule has 1 heterocycles. The Morgan fingerprint density at radius 3 is 2.00 bits per heavy atom. The molecule has 0 saturated carbocycles. The third-order valence-corrected chi connectivity index (χ3v) is 2.09. The molecule has 0 atom stereocenters. The summed E-state index contributed by atoms with van der Waals surface area (Å²) in [6.45, 7) is 10.4. The van der Waals surface area contributed by atoms with Gasteiger partial charge in [-0.05, 0) is 32.3 Å². The topological polar surface area (TPSA) is 25.8 Å². The fraction of sp³-hybridized carbons (Fsp3) is 0.636. The van der Waals surface area contributed by atoms with E-state index in [0.29, 0.717) is 5.92 Å². The minimum atomic E-state index is 0. The highest BCUT2D eigenvalue weighted by Crippen LogP contribution is 2.17. The maximum atomic E-state index is 4.42. The van der Waals surface area contributed by atoms with Gasteiger partial charge in [-0.15, -0.1) is 0 Å². The SMILES string of the molecule is C.Cc1nc(C)c(C)c(C(C)C)n1. The Labute approximate surface area is 81.4 Å². The summed E-state index contributed by atoms with van der Waals surface area (Å²) in [5.41, 5.74) is 3.52. The Morgan fingerprint density at radius 1 is 1.00 bits per heavy atom. The van der Waals surface area contributed by atoms with Crippen molar-refractivity contribution in [1.29, 1.82) is 0 Å². The van der Waals surface area contributed by atoms with Crippen LogP contribution in [0.4, 0.5) is 0 Å². The van der Waals surface area contributed by atoms with Gasteiger partial charge in [-0.1, -0.05) is 21.3 Å². The molecule has 0 unspecified atom stereocenters. The number of rotatable bonds is 1. The maximum Gasteiger partial charge on any atom is 0.125 e. The minimum Gasteiger partial charge on any atom is -0.238 e. The van der Waals surface area contributed by atoms with Gasteiger partial charge in [-0.25, -0.2) is 9.97 Å². The summed E-state index contributed by atoms with van der Waals surface area (Å²) < 4.78 is 0. The lowest BCUT2D eigenvalue weighted by Crippen LogP contribution is -2.03. The average Bonchev–Trinajstić information content (AvgIpc) is 1.96. The van der Waals surface area contributed by atoms with E-state index in [4.69, 9.17) is 0 Å². The number of hydrogen-bond donors (Lipinski definition) is 0. The van der Waals surface area contributed by atoms with E-state index in [2.05, 4.69) is 30.7 Å². The molecule has 0 aromatic carbocycles. The molecule has 1 aromatic heterocycles. The van der Waals surface area contributed by atoms with Crippen molar-refractivity contribution in [2.45, 2.75) is 48.0 Å². The van der Waals surface area contributed by atoms with Gasteiger partial charge >= 0.3 is 0 Å². The molecule has 0 amide bonds. The van der Waals surface area contributed by atoms with Crippen LogP contribution in [0.1, 0.15) is 50.0 Å². The second-order valence-electron chi connectivity index (χ2n) is 3.52. The molecule has 0 N–H and O–H groups in total.